The molecule has 16 heavy (non-hydrogen) atoms. The SMILES string of the molecule is CNC(=O)c1ccc(C(C)(C)N=[N+]=[N-])cc1. The molecule has 1 aromatic rings. The van der Waals surface area contributed by atoms with Crippen molar-refractivity contribution in [3.8, 4) is 0 Å². The summed E-state index contributed by atoms with van der Waals surface area (Å²) in [5.74, 6) is -0.131. The van der Waals surface area contributed by atoms with Crippen LogP contribution in [0.4, 0.5) is 0 Å². The number of hydrogen-bond acceptors (Lipinski definition) is 2. The van der Waals surface area contributed by atoms with Crippen molar-refractivity contribution in [2.75, 3.05) is 7.05 Å². The molecule has 1 N–H and O–H groups in total. The second-order valence-electron chi connectivity index (χ2n) is 3.90. The van der Waals surface area contributed by atoms with Gasteiger partial charge in [0, 0.05) is 17.5 Å². The van der Waals surface area contributed by atoms with Crippen LogP contribution in [0.5, 0.6) is 0 Å². The topological polar surface area (TPSA) is 77.9 Å². The average molecular weight is 218 g/mol. The molecule has 0 fully saturated rings. The Bertz CT molecular complexity index is 430. The predicted octanol–water partition coefficient (Wildman–Crippen LogP) is 2.59. The van der Waals surface area contributed by atoms with Gasteiger partial charge in [-0.25, -0.2) is 0 Å². The lowest BCUT2D eigenvalue weighted by Gasteiger charge is -2.18. The lowest BCUT2D eigenvalue weighted by molar-refractivity contribution is 0.0963. The zero-order valence-corrected chi connectivity index (χ0v) is 9.56. The molecule has 0 aromatic heterocycles. The van der Waals surface area contributed by atoms with Crippen molar-refractivity contribution >= 4 is 5.91 Å². The Morgan fingerprint density at radius 2 is 1.94 bits per heavy atom. The number of rotatable bonds is 3. The number of azide groups is 1. The highest BCUT2D eigenvalue weighted by Crippen LogP contribution is 2.24. The molecule has 0 unspecified atom stereocenters. The number of carbonyl (C=O) groups is 1. The number of amides is 1. The molecular formula is C11H14N4O. The molecule has 1 aromatic carbocycles. The first-order valence-corrected chi connectivity index (χ1v) is 4.90. The highest BCUT2D eigenvalue weighted by Gasteiger charge is 2.18. The Labute approximate surface area is 94.1 Å². The van der Waals surface area contributed by atoms with Gasteiger partial charge in [0.2, 0.25) is 0 Å². The maximum absolute atomic E-state index is 11.3. The second-order valence-corrected chi connectivity index (χ2v) is 3.90. The van der Waals surface area contributed by atoms with Crippen LogP contribution in [0.2, 0.25) is 0 Å². The Kier molecular flexibility index (Phi) is 3.53. The summed E-state index contributed by atoms with van der Waals surface area (Å²) in [5, 5.41) is 6.25. The van der Waals surface area contributed by atoms with Crippen molar-refractivity contribution in [1.29, 1.82) is 0 Å². The number of nitrogens with zero attached hydrogens (tertiary/aromatic N) is 3. The summed E-state index contributed by atoms with van der Waals surface area (Å²) in [6.07, 6.45) is 0. The summed E-state index contributed by atoms with van der Waals surface area (Å²) in [4.78, 5) is 14.1. The highest BCUT2D eigenvalue weighted by molar-refractivity contribution is 5.93. The van der Waals surface area contributed by atoms with E-state index in [0.29, 0.717) is 5.56 Å². The van der Waals surface area contributed by atoms with Crippen molar-refractivity contribution in [3.63, 3.8) is 0 Å². The van der Waals surface area contributed by atoms with Crippen LogP contribution in [0, 0.1) is 0 Å². The van der Waals surface area contributed by atoms with Gasteiger partial charge in [0.15, 0.2) is 0 Å². The van der Waals surface area contributed by atoms with Crippen LogP contribution in [0.25, 0.3) is 10.4 Å². The van der Waals surface area contributed by atoms with Gasteiger partial charge < -0.3 is 5.32 Å². The standard InChI is InChI=1S/C11H14N4O/c1-11(2,14-15-12)9-6-4-8(5-7-9)10(16)13-3/h4-7H,1-3H3,(H,13,16). The molecule has 0 aliphatic heterocycles. The van der Waals surface area contributed by atoms with Gasteiger partial charge in [-0.1, -0.05) is 31.1 Å². The van der Waals surface area contributed by atoms with E-state index < -0.39 is 5.54 Å². The molecule has 1 amide bonds. The number of hydrogen-bond donors (Lipinski definition) is 1. The van der Waals surface area contributed by atoms with E-state index in [-0.39, 0.29) is 5.91 Å². The number of nitrogens with one attached hydrogen (secondary N) is 1. The van der Waals surface area contributed by atoms with E-state index in [1.165, 1.54) is 0 Å². The predicted molar refractivity (Wildman–Crippen MR) is 62.0 cm³/mol. The summed E-state index contributed by atoms with van der Waals surface area (Å²) in [7, 11) is 1.58. The van der Waals surface area contributed by atoms with E-state index >= 15 is 0 Å². The van der Waals surface area contributed by atoms with Gasteiger partial charge in [-0.3, -0.25) is 4.79 Å². The molecule has 0 radical (unpaired) electrons. The summed E-state index contributed by atoms with van der Waals surface area (Å²) in [6, 6.07) is 7.00. The summed E-state index contributed by atoms with van der Waals surface area (Å²) >= 11 is 0. The van der Waals surface area contributed by atoms with Crippen molar-refractivity contribution in [1.82, 2.24) is 5.32 Å². The molecule has 0 aliphatic carbocycles. The average Bonchev–Trinajstić information content (AvgIpc) is 2.28. The number of carbonyl (C=O) groups excluding carboxylic acids is 1. The minimum Gasteiger partial charge on any atom is -0.355 e. The number of benzene rings is 1. The van der Waals surface area contributed by atoms with Crippen LogP contribution >= 0.6 is 0 Å². The molecule has 0 bridgehead atoms. The molecule has 5 nitrogen and oxygen atoms in total. The molecular weight excluding hydrogens is 204 g/mol. The van der Waals surface area contributed by atoms with Gasteiger partial charge in [0.25, 0.3) is 5.91 Å². The summed E-state index contributed by atoms with van der Waals surface area (Å²) in [6.45, 7) is 3.64. The van der Waals surface area contributed by atoms with Crippen LogP contribution in [-0.4, -0.2) is 13.0 Å². The van der Waals surface area contributed by atoms with Gasteiger partial charge in [-0.05, 0) is 23.2 Å². The molecule has 0 heterocycles. The van der Waals surface area contributed by atoms with Crippen LogP contribution in [0.1, 0.15) is 29.8 Å². The van der Waals surface area contributed by atoms with E-state index in [2.05, 4.69) is 15.3 Å². The molecule has 1 rings (SSSR count). The fourth-order valence-electron chi connectivity index (χ4n) is 1.34. The van der Waals surface area contributed by atoms with Gasteiger partial charge in [-0.15, -0.1) is 0 Å². The fraction of sp³-hybridized carbons (Fsp3) is 0.364. The van der Waals surface area contributed by atoms with E-state index in [1.807, 2.05) is 13.8 Å². The maximum Gasteiger partial charge on any atom is 0.251 e. The van der Waals surface area contributed by atoms with E-state index in [4.69, 9.17) is 5.53 Å². The maximum atomic E-state index is 11.3. The van der Waals surface area contributed by atoms with E-state index in [1.54, 1.807) is 31.3 Å². The minimum atomic E-state index is -0.601. The molecule has 84 valence electrons. The van der Waals surface area contributed by atoms with E-state index in [0.717, 1.165) is 5.56 Å². The Balaban J connectivity index is 3.03. The highest BCUT2D eigenvalue weighted by atomic mass is 16.1. The third kappa shape index (κ3) is 2.52. The van der Waals surface area contributed by atoms with Gasteiger partial charge in [-0.2, -0.15) is 0 Å². The van der Waals surface area contributed by atoms with Gasteiger partial charge in [0.05, 0.1) is 5.54 Å². The minimum absolute atomic E-state index is 0.131. The molecule has 0 atom stereocenters. The quantitative estimate of drug-likeness (QED) is 0.472. The molecule has 0 spiro atoms. The third-order valence-corrected chi connectivity index (χ3v) is 2.38. The zero-order valence-electron chi connectivity index (χ0n) is 9.56. The van der Waals surface area contributed by atoms with Crippen LogP contribution < -0.4 is 5.32 Å². The normalized spacial score (nSPS) is 10.4. The monoisotopic (exact) mass is 218 g/mol. The molecule has 0 aliphatic rings. The van der Waals surface area contributed by atoms with Crippen LogP contribution in [0.15, 0.2) is 29.4 Å². The van der Waals surface area contributed by atoms with Crippen molar-refractivity contribution < 1.29 is 4.79 Å². The largest absolute Gasteiger partial charge is 0.355 e. The van der Waals surface area contributed by atoms with E-state index in [9.17, 15) is 4.79 Å². The first-order valence-electron chi connectivity index (χ1n) is 4.90. The summed E-state index contributed by atoms with van der Waals surface area (Å²) < 4.78 is 0. The molecule has 0 saturated heterocycles. The summed E-state index contributed by atoms with van der Waals surface area (Å²) in [5.41, 5.74) is 9.30. The van der Waals surface area contributed by atoms with Crippen LogP contribution in [0.3, 0.4) is 0 Å². The Morgan fingerprint density at radius 1 is 1.38 bits per heavy atom. The third-order valence-electron chi connectivity index (χ3n) is 2.38. The Morgan fingerprint density at radius 3 is 2.38 bits per heavy atom. The van der Waals surface area contributed by atoms with Crippen molar-refractivity contribution in [2.45, 2.75) is 19.4 Å². The van der Waals surface area contributed by atoms with Crippen molar-refractivity contribution in [2.24, 2.45) is 5.11 Å². The fourth-order valence-corrected chi connectivity index (χ4v) is 1.34. The smallest absolute Gasteiger partial charge is 0.251 e. The van der Waals surface area contributed by atoms with Crippen molar-refractivity contribution in [3.05, 3.63) is 45.8 Å². The first-order chi connectivity index (χ1) is 7.51. The zero-order chi connectivity index (χ0) is 12.2. The van der Waals surface area contributed by atoms with Gasteiger partial charge >= 0.3 is 0 Å². The van der Waals surface area contributed by atoms with Crippen LogP contribution in [-0.2, 0) is 5.54 Å². The lowest BCUT2D eigenvalue weighted by atomic mass is 9.94. The lowest BCUT2D eigenvalue weighted by Crippen LogP contribution is -2.18. The Hall–Kier alpha value is -2.00. The van der Waals surface area contributed by atoms with Gasteiger partial charge in [0.1, 0.15) is 0 Å². The molecule has 0 saturated carbocycles. The molecule has 5 heteroatoms. The first kappa shape index (κ1) is 12.1. The second kappa shape index (κ2) is 4.68.